The number of alkyl halides is 3. The molecule has 1 fully saturated rings. The van der Waals surface area contributed by atoms with Gasteiger partial charge < -0.3 is 16.0 Å². The topological polar surface area (TPSA) is 75.4 Å². The second kappa shape index (κ2) is 6.57. The quantitative estimate of drug-likeness (QED) is 0.874. The van der Waals surface area contributed by atoms with E-state index in [0.29, 0.717) is 25.9 Å². The van der Waals surface area contributed by atoms with E-state index in [4.69, 9.17) is 5.73 Å². The number of nitrogens with zero attached hydrogens (tertiary/aromatic N) is 1. The van der Waals surface area contributed by atoms with Gasteiger partial charge in [-0.05, 0) is 31.0 Å². The zero-order chi connectivity index (χ0) is 17.2. The van der Waals surface area contributed by atoms with E-state index in [1.165, 1.54) is 17.9 Å². The van der Waals surface area contributed by atoms with Gasteiger partial charge in [0, 0.05) is 37.3 Å². The van der Waals surface area contributed by atoms with E-state index in [1.54, 1.807) is 0 Å². The van der Waals surface area contributed by atoms with Crippen molar-refractivity contribution in [3.05, 3.63) is 29.3 Å². The number of hydrogen-bond donors (Lipinski definition) is 2. The maximum absolute atomic E-state index is 13.0. The Hall–Kier alpha value is -2.09. The molecule has 0 aliphatic carbocycles. The molecule has 0 radical (unpaired) electrons. The molecule has 8 heteroatoms. The van der Waals surface area contributed by atoms with E-state index in [1.807, 2.05) is 0 Å². The molecule has 1 aliphatic heterocycles. The first kappa shape index (κ1) is 17.3. The number of halogens is 3. The van der Waals surface area contributed by atoms with Crippen LogP contribution in [0.1, 0.15) is 35.7 Å². The summed E-state index contributed by atoms with van der Waals surface area (Å²) in [6.07, 6.45) is -3.37. The van der Waals surface area contributed by atoms with Gasteiger partial charge in [0.05, 0.1) is 5.56 Å². The van der Waals surface area contributed by atoms with E-state index in [9.17, 15) is 22.8 Å². The van der Waals surface area contributed by atoms with E-state index < -0.39 is 23.6 Å². The third-order valence-corrected chi connectivity index (χ3v) is 3.65. The van der Waals surface area contributed by atoms with Crippen molar-refractivity contribution in [1.29, 1.82) is 0 Å². The molecule has 0 bridgehead atoms. The molecule has 2 rings (SSSR count). The number of likely N-dealkylation sites (tertiary alicyclic amines) is 1. The summed E-state index contributed by atoms with van der Waals surface area (Å²) in [5.74, 6) is -0.999. The summed E-state index contributed by atoms with van der Waals surface area (Å²) in [5, 5.41) is 2.29. The second-order valence-electron chi connectivity index (χ2n) is 5.61. The van der Waals surface area contributed by atoms with Crippen LogP contribution in [0.3, 0.4) is 0 Å². The van der Waals surface area contributed by atoms with E-state index in [2.05, 4.69) is 5.32 Å². The standard InChI is InChI=1S/C15H18F3N3O2/c1-9(22)20-13-7-10(6-11(8-13)15(16,17)18)14(23)21-4-2-12(19)3-5-21/h6-8,12H,2-5,19H2,1H3,(H,20,22). The van der Waals surface area contributed by atoms with Crippen LogP contribution >= 0.6 is 0 Å². The number of carbonyl (C=O) groups is 2. The van der Waals surface area contributed by atoms with Crippen molar-refractivity contribution < 1.29 is 22.8 Å². The van der Waals surface area contributed by atoms with Gasteiger partial charge in [-0.15, -0.1) is 0 Å². The number of hydrogen-bond acceptors (Lipinski definition) is 3. The van der Waals surface area contributed by atoms with Crippen LogP contribution in [0, 0.1) is 0 Å². The Morgan fingerprint density at radius 2 is 1.83 bits per heavy atom. The van der Waals surface area contributed by atoms with Crippen molar-refractivity contribution in [2.45, 2.75) is 32.0 Å². The van der Waals surface area contributed by atoms with Crippen molar-refractivity contribution in [2.75, 3.05) is 18.4 Å². The minimum Gasteiger partial charge on any atom is -0.339 e. The summed E-state index contributed by atoms with van der Waals surface area (Å²) >= 11 is 0. The van der Waals surface area contributed by atoms with E-state index in [-0.39, 0.29) is 17.3 Å². The summed E-state index contributed by atoms with van der Waals surface area (Å²) in [6, 6.07) is 2.88. The number of anilines is 1. The molecule has 1 aromatic rings. The van der Waals surface area contributed by atoms with Gasteiger partial charge in [0.25, 0.3) is 5.91 Å². The molecule has 1 aliphatic rings. The molecule has 3 N–H and O–H groups in total. The molecule has 0 atom stereocenters. The SMILES string of the molecule is CC(=O)Nc1cc(C(=O)N2CCC(N)CC2)cc(C(F)(F)F)c1. The fraction of sp³-hybridized carbons (Fsp3) is 0.467. The minimum absolute atomic E-state index is 0.00972. The Morgan fingerprint density at radius 3 is 2.35 bits per heavy atom. The first-order valence-corrected chi connectivity index (χ1v) is 7.21. The number of benzene rings is 1. The fourth-order valence-corrected chi connectivity index (χ4v) is 2.48. The highest BCUT2D eigenvalue weighted by Gasteiger charge is 2.32. The Morgan fingerprint density at radius 1 is 1.22 bits per heavy atom. The van der Waals surface area contributed by atoms with Gasteiger partial charge in [-0.3, -0.25) is 9.59 Å². The van der Waals surface area contributed by atoms with Crippen molar-refractivity contribution in [3.63, 3.8) is 0 Å². The molecule has 126 valence electrons. The van der Waals surface area contributed by atoms with Gasteiger partial charge in [-0.1, -0.05) is 0 Å². The lowest BCUT2D eigenvalue weighted by molar-refractivity contribution is -0.137. The first-order valence-electron chi connectivity index (χ1n) is 7.21. The molecule has 1 heterocycles. The van der Waals surface area contributed by atoms with Crippen LogP contribution in [0.15, 0.2) is 18.2 Å². The summed E-state index contributed by atoms with van der Waals surface area (Å²) in [6.45, 7) is 2.01. The highest BCUT2D eigenvalue weighted by molar-refractivity contribution is 5.97. The van der Waals surface area contributed by atoms with Crippen LogP contribution in [-0.2, 0) is 11.0 Å². The largest absolute Gasteiger partial charge is 0.416 e. The van der Waals surface area contributed by atoms with Crippen molar-refractivity contribution in [1.82, 2.24) is 4.90 Å². The highest BCUT2D eigenvalue weighted by atomic mass is 19.4. The van der Waals surface area contributed by atoms with Gasteiger partial charge in [-0.25, -0.2) is 0 Å². The molecule has 1 aromatic carbocycles. The third-order valence-electron chi connectivity index (χ3n) is 3.65. The Labute approximate surface area is 131 Å². The number of carbonyl (C=O) groups excluding carboxylic acids is 2. The average Bonchev–Trinajstić information content (AvgIpc) is 2.45. The molecular formula is C15H18F3N3O2. The zero-order valence-electron chi connectivity index (χ0n) is 12.6. The average molecular weight is 329 g/mol. The van der Waals surface area contributed by atoms with Crippen LogP contribution in [0.4, 0.5) is 18.9 Å². The fourth-order valence-electron chi connectivity index (χ4n) is 2.48. The second-order valence-corrected chi connectivity index (χ2v) is 5.61. The maximum atomic E-state index is 13.0. The van der Waals surface area contributed by atoms with Crippen molar-refractivity contribution in [3.8, 4) is 0 Å². The summed E-state index contributed by atoms with van der Waals surface area (Å²) < 4.78 is 39.0. The first-order chi connectivity index (χ1) is 10.7. The van der Waals surface area contributed by atoms with Crippen molar-refractivity contribution >= 4 is 17.5 Å². The number of amides is 2. The molecule has 0 aromatic heterocycles. The molecule has 23 heavy (non-hydrogen) atoms. The van der Waals surface area contributed by atoms with E-state index in [0.717, 1.165) is 12.1 Å². The molecule has 0 unspecified atom stereocenters. The lowest BCUT2D eigenvalue weighted by Gasteiger charge is -2.30. The van der Waals surface area contributed by atoms with Gasteiger partial charge in [0.15, 0.2) is 0 Å². The van der Waals surface area contributed by atoms with Crippen LogP contribution in [-0.4, -0.2) is 35.8 Å². The number of nitrogens with two attached hydrogens (primary N) is 1. The van der Waals surface area contributed by atoms with Gasteiger partial charge in [0.1, 0.15) is 0 Å². The van der Waals surface area contributed by atoms with Crippen LogP contribution in [0.5, 0.6) is 0 Å². The minimum atomic E-state index is -4.60. The molecule has 0 spiro atoms. The summed E-state index contributed by atoms with van der Waals surface area (Å²) in [5.41, 5.74) is 4.64. The van der Waals surface area contributed by atoms with Gasteiger partial charge in [-0.2, -0.15) is 13.2 Å². The normalized spacial score (nSPS) is 16.3. The zero-order valence-corrected chi connectivity index (χ0v) is 12.6. The molecule has 5 nitrogen and oxygen atoms in total. The molecule has 2 amide bonds. The lowest BCUT2D eigenvalue weighted by Crippen LogP contribution is -2.42. The smallest absolute Gasteiger partial charge is 0.339 e. The van der Waals surface area contributed by atoms with Gasteiger partial charge in [0.2, 0.25) is 5.91 Å². The number of nitrogens with one attached hydrogen (secondary N) is 1. The number of rotatable bonds is 2. The summed E-state index contributed by atoms with van der Waals surface area (Å²) in [4.78, 5) is 25.0. The third kappa shape index (κ3) is 4.44. The molecule has 0 saturated carbocycles. The maximum Gasteiger partial charge on any atom is 0.416 e. The monoisotopic (exact) mass is 329 g/mol. The Balaban J connectivity index is 2.32. The van der Waals surface area contributed by atoms with Crippen LogP contribution in [0.25, 0.3) is 0 Å². The van der Waals surface area contributed by atoms with E-state index >= 15 is 0 Å². The number of piperidine rings is 1. The highest BCUT2D eigenvalue weighted by Crippen LogP contribution is 2.32. The Bertz CT molecular complexity index is 608. The lowest BCUT2D eigenvalue weighted by atomic mass is 10.0. The van der Waals surface area contributed by atoms with Gasteiger partial charge >= 0.3 is 6.18 Å². The summed E-state index contributed by atoms with van der Waals surface area (Å²) in [7, 11) is 0. The van der Waals surface area contributed by atoms with Crippen LogP contribution < -0.4 is 11.1 Å². The Kier molecular flexibility index (Phi) is 4.93. The molecular weight excluding hydrogens is 311 g/mol. The van der Waals surface area contributed by atoms with Crippen molar-refractivity contribution in [2.24, 2.45) is 5.73 Å². The predicted octanol–water partition coefficient (Wildman–Crippen LogP) is 2.23. The van der Waals surface area contributed by atoms with Crippen LogP contribution in [0.2, 0.25) is 0 Å². The predicted molar refractivity (Wildman–Crippen MR) is 78.9 cm³/mol. The molecule has 1 saturated heterocycles.